The van der Waals surface area contributed by atoms with E-state index in [1.807, 2.05) is 0 Å². The van der Waals surface area contributed by atoms with Crippen LogP contribution in [0.5, 0.6) is 0 Å². The van der Waals surface area contributed by atoms with E-state index < -0.39 is 0 Å². The highest BCUT2D eigenvalue weighted by atomic mass is 32.2. The molecule has 31 heavy (non-hydrogen) atoms. The summed E-state index contributed by atoms with van der Waals surface area (Å²) in [6.07, 6.45) is 15.1. The van der Waals surface area contributed by atoms with Crippen molar-refractivity contribution in [2.75, 3.05) is 12.3 Å². The third-order valence-electron chi connectivity index (χ3n) is 8.99. The average molecular weight is 444 g/mol. The van der Waals surface area contributed by atoms with Gasteiger partial charge < -0.3 is 4.90 Å². The molecule has 0 N–H and O–H groups in total. The van der Waals surface area contributed by atoms with Crippen LogP contribution in [-0.4, -0.2) is 45.2 Å². The van der Waals surface area contributed by atoms with Gasteiger partial charge in [-0.15, -0.1) is 5.10 Å². The third-order valence-corrected chi connectivity index (χ3v) is 10.1. The van der Waals surface area contributed by atoms with Gasteiger partial charge in [-0.05, 0) is 49.9 Å². The summed E-state index contributed by atoms with van der Waals surface area (Å²) in [6.45, 7) is 7.57. The lowest BCUT2D eigenvalue weighted by Crippen LogP contribution is -2.53. The quantitative estimate of drug-likeness (QED) is 0.453. The second-order valence-electron chi connectivity index (χ2n) is 11.0. The highest BCUT2D eigenvalue weighted by Crippen LogP contribution is 2.64. The van der Waals surface area contributed by atoms with Gasteiger partial charge in [-0.1, -0.05) is 63.9 Å². The number of fused-ring (bicyclic) bond motifs is 1. The number of nitrogens with zero attached hydrogens (tertiary/aromatic N) is 3. The standard InChI is InChI=1S/C25H37N3O2S/c1-17(2)25-13-11-24(3,12-14-25)19-20(25)22(30)28(21(19)29)26-23-27(15-7-8-16-31-23)18-9-5-4-6-10-18/h11,13,17-20H,4-10,12,14-16H2,1-3H3/b26-23-/t19-,20+,24+,25-/m1/s1. The average Bonchev–Trinajstić information content (AvgIpc) is 2.93. The zero-order chi connectivity index (χ0) is 21.8. The molecular weight excluding hydrogens is 406 g/mol. The van der Waals surface area contributed by atoms with Crippen LogP contribution in [0.4, 0.5) is 0 Å². The molecule has 4 aliphatic carbocycles. The second kappa shape index (κ2) is 7.93. The molecular formula is C25H37N3O2S. The van der Waals surface area contributed by atoms with Crippen LogP contribution in [0.1, 0.15) is 78.6 Å². The molecule has 6 rings (SSSR count). The van der Waals surface area contributed by atoms with Gasteiger partial charge in [0, 0.05) is 23.8 Å². The molecule has 2 bridgehead atoms. The molecule has 6 heteroatoms. The highest BCUT2D eigenvalue weighted by molar-refractivity contribution is 8.13. The van der Waals surface area contributed by atoms with Gasteiger partial charge >= 0.3 is 0 Å². The molecule has 5 nitrogen and oxygen atoms in total. The Kier molecular flexibility index (Phi) is 5.51. The summed E-state index contributed by atoms with van der Waals surface area (Å²) >= 11 is 1.75. The number of carbonyl (C=O) groups is 2. The zero-order valence-electron chi connectivity index (χ0n) is 19.3. The smallest absolute Gasteiger partial charge is 0.254 e. The van der Waals surface area contributed by atoms with Crippen LogP contribution in [-0.2, 0) is 9.59 Å². The molecule has 2 aliphatic heterocycles. The normalized spacial score (nSPS) is 40.2. The number of rotatable bonds is 3. The van der Waals surface area contributed by atoms with Gasteiger partial charge in [0.1, 0.15) is 0 Å². The topological polar surface area (TPSA) is 53.0 Å². The van der Waals surface area contributed by atoms with Crippen molar-refractivity contribution in [3.8, 4) is 0 Å². The number of hydrazone groups is 1. The van der Waals surface area contributed by atoms with Crippen LogP contribution in [0.2, 0.25) is 0 Å². The lowest BCUT2D eigenvalue weighted by atomic mass is 9.46. The molecule has 0 aromatic rings. The van der Waals surface area contributed by atoms with E-state index >= 15 is 0 Å². The monoisotopic (exact) mass is 443 g/mol. The summed E-state index contributed by atoms with van der Waals surface area (Å²) in [5, 5.41) is 7.09. The van der Waals surface area contributed by atoms with Crippen molar-refractivity contribution in [2.45, 2.75) is 84.6 Å². The molecule has 0 radical (unpaired) electrons. The fourth-order valence-electron chi connectivity index (χ4n) is 6.94. The molecule has 6 aliphatic rings. The van der Waals surface area contributed by atoms with E-state index in [-0.39, 0.29) is 34.5 Å². The molecule has 4 fully saturated rings. The number of hydrogen-bond donors (Lipinski definition) is 0. The zero-order valence-corrected chi connectivity index (χ0v) is 20.1. The Morgan fingerprint density at radius 1 is 1.00 bits per heavy atom. The summed E-state index contributed by atoms with van der Waals surface area (Å²) in [5.41, 5.74) is -0.424. The number of amides is 2. The molecule has 2 saturated carbocycles. The molecule has 0 aromatic carbocycles. The van der Waals surface area contributed by atoms with Crippen LogP contribution >= 0.6 is 11.8 Å². The summed E-state index contributed by atoms with van der Waals surface area (Å²) in [6, 6.07) is 0.505. The Balaban J connectivity index is 1.50. The van der Waals surface area contributed by atoms with Gasteiger partial charge in [0.2, 0.25) is 0 Å². The first kappa shape index (κ1) is 21.5. The SMILES string of the molecule is CC(C)[C@@]12C=C[C@@](C)(CC1)[C@H]1C(=O)N(/N=C3\SCCCCN3C3CCCCC3)C(=O)[C@H]12. The summed E-state index contributed by atoms with van der Waals surface area (Å²) in [7, 11) is 0. The van der Waals surface area contributed by atoms with Crippen molar-refractivity contribution in [3.63, 3.8) is 0 Å². The van der Waals surface area contributed by atoms with Crippen LogP contribution in [0.15, 0.2) is 17.3 Å². The van der Waals surface area contributed by atoms with E-state index in [0.29, 0.717) is 12.0 Å². The molecule has 2 saturated heterocycles. The minimum absolute atomic E-state index is 0.0556. The molecule has 0 spiro atoms. The fraction of sp³-hybridized carbons (Fsp3) is 0.800. The lowest BCUT2D eigenvalue weighted by molar-refractivity contribution is -0.140. The van der Waals surface area contributed by atoms with Crippen LogP contribution in [0.3, 0.4) is 0 Å². The Labute approximate surface area is 191 Å². The van der Waals surface area contributed by atoms with Crippen LogP contribution in [0.25, 0.3) is 0 Å². The van der Waals surface area contributed by atoms with Crippen molar-refractivity contribution < 1.29 is 9.59 Å². The Morgan fingerprint density at radius 2 is 1.74 bits per heavy atom. The van der Waals surface area contributed by atoms with Crippen molar-refractivity contribution in [1.29, 1.82) is 0 Å². The van der Waals surface area contributed by atoms with E-state index in [9.17, 15) is 9.59 Å². The molecule has 2 amide bonds. The highest BCUT2D eigenvalue weighted by Gasteiger charge is 2.67. The Bertz CT molecular complexity index is 818. The molecule has 4 atom stereocenters. The van der Waals surface area contributed by atoms with Gasteiger partial charge in [-0.3, -0.25) is 9.59 Å². The van der Waals surface area contributed by atoms with Gasteiger partial charge in [-0.25, -0.2) is 0 Å². The largest absolute Gasteiger partial charge is 0.347 e. The van der Waals surface area contributed by atoms with E-state index in [1.54, 1.807) is 11.8 Å². The van der Waals surface area contributed by atoms with Gasteiger partial charge in [0.15, 0.2) is 5.17 Å². The number of thioether (sulfide) groups is 1. The predicted octanol–water partition coefficient (Wildman–Crippen LogP) is 5.03. The summed E-state index contributed by atoms with van der Waals surface area (Å²) in [4.78, 5) is 29.9. The Morgan fingerprint density at radius 3 is 2.42 bits per heavy atom. The maximum atomic E-state index is 13.8. The number of amidine groups is 1. The van der Waals surface area contributed by atoms with E-state index in [4.69, 9.17) is 5.10 Å². The lowest BCUT2D eigenvalue weighted by Gasteiger charge is -2.55. The van der Waals surface area contributed by atoms with E-state index in [2.05, 4.69) is 37.8 Å². The minimum Gasteiger partial charge on any atom is -0.347 e. The predicted molar refractivity (Wildman–Crippen MR) is 125 cm³/mol. The minimum atomic E-state index is -0.260. The van der Waals surface area contributed by atoms with Crippen molar-refractivity contribution in [1.82, 2.24) is 9.91 Å². The van der Waals surface area contributed by atoms with Crippen molar-refractivity contribution >= 4 is 28.7 Å². The molecule has 2 heterocycles. The van der Waals surface area contributed by atoms with Gasteiger partial charge in [-0.2, -0.15) is 5.01 Å². The van der Waals surface area contributed by atoms with Crippen molar-refractivity contribution in [3.05, 3.63) is 12.2 Å². The van der Waals surface area contributed by atoms with Crippen molar-refractivity contribution in [2.24, 2.45) is 33.7 Å². The molecule has 0 aromatic heterocycles. The van der Waals surface area contributed by atoms with Gasteiger partial charge in [0.05, 0.1) is 11.8 Å². The first-order valence-electron chi connectivity index (χ1n) is 12.4. The maximum Gasteiger partial charge on any atom is 0.254 e. The second-order valence-corrected chi connectivity index (χ2v) is 12.0. The summed E-state index contributed by atoms with van der Waals surface area (Å²) < 4.78 is 0. The number of imide groups is 1. The summed E-state index contributed by atoms with van der Waals surface area (Å²) in [5.74, 6) is 0.709. The van der Waals surface area contributed by atoms with Gasteiger partial charge in [0.25, 0.3) is 11.8 Å². The van der Waals surface area contributed by atoms with E-state index in [0.717, 1.165) is 36.7 Å². The first-order chi connectivity index (χ1) is 14.9. The maximum absolute atomic E-state index is 13.8. The fourth-order valence-corrected chi connectivity index (χ4v) is 8.02. The van der Waals surface area contributed by atoms with Crippen LogP contribution in [0, 0.1) is 28.6 Å². The molecule has 170 valence electrons. The number of carbonyl (C=O) groups excluding carboxylic acids is 2. The van der Waals surface area contributed by atoms with E-state index in [1.165, 1.54) is 43.5 Å². The number of allylic oxidation sites excluding steroid dienone is 2. The molecule has 0 unspecified atom stereocenters. The number of hydrogen-bond acceptors (Lipinski definition) is 4. The van der Waals surface area contributed by atoms with Crippen LogP contribution < -0.4 is 0 Å². The third kappa shape index (κ3) is 3.30. The first-order valence-corrected chi connectivity index (χ1v) is 13.4. The Hall–Kier alpha value is -1.30.